The number of aliphatic hydroxyl groups is 1. The zero-order valence-electron chi connectivity index (χ0n) is 23.0. The first-order valence-corrected chi connectivity index (χ1v) is 15.4. The van der Waals surface area contributed by atoms with Gasteiger partial charge < -0.3 is 14.6 Å². The molecule has 6 heteroatoms. The first-order valence-electron chi connectivity index (χ1n) is 15.4. The fraction of sp³-hybridized carbons (Fsp3) is 0.688. The van der Waals surface area contributed by atoms with Crippen LogP contribution in [0.3, 0.4) is 0 Å². The largest absolute Gasteiger partial charge is 0.513 e. The quantitative estimate of drug-likeness (QED) is 0.489. The number of fused-ring (bicyclic) bond motifs is 5. The van der Waals surface area contributed by atoms with E-state index in [1.54, 1.807) is 0 Å². The third-order valence-electron chi connectivity index (χ3n) is 11.0. The molecule has 6 nitrogen and oxygen atoms in total. The van der Waals surface area contributed by atoms with Gasteiger partial charge in [-0.2, -0.15) is 0 Å². The van der Waals surface area contributed by atoms with Gasteiger partial charge in [0.25, 0.3) is 5.56 Å². The van der Waals surface area contributed by atoms with Crippen LogP contribution in [0.5, 0.6) is 0 Å². The van der Waals surface area contributed by atoms with Gasteiger partial charge in [0.05, 0.1) is 22.7 Å². The van der Waals surface area contributed by atoms with Gasteiger partial charge in [-0.25, -0.2) is 4.98 Å². The molecule has 1 aromatic carbocycles. The van der Waals surface area contributed by atoms with Crippen LogP contribution in [0.2, 0.25) is 0 Å². The van der Waals surface area contributed by atoms with E-state index < -0.39 is 0 Å². The third kappa shape index (κ3) is 4.18. The lowest BCUT2D eigenvalue weighted by atomic mass is 9.64. The van der Waals surface area contributed by atoms with E-state index in [0.29, 0.717) is 31.0 Å². The highest BCUT2D eigenvalue weighted by Gasteiger charge is 2.46. The second kappa shape index (κ2) is 9.69. The molecule has 4 heterocycles. The van der Waals surface area contributed by atoms with Gasteiger partial charge in [-0.05, 0) is 87.7 Å². The number of aromatic nitrogens is 2. The predicted octanol–water partition coefficient (Wildman–Crippen LogP) is 6.07. The van der Waals surface area contributed by atoms with E-state index in [1.165, 1.54) is 57.8 Å². The van der Waals surface area contributed by atoms with E-state index in [-0.39, 0.29) is 23.3 Å². The maximum atomic E-state index is 14.0. The Hall–Kier alpha value is -2.34. The minimum absolute atomic E-state index is 0.0290. The predicted molar refractivity (Wildman–Crippen MR) is 153 cm³/mol. The number of hydrogen-bond acceptors (Lipinski definition) is 5. The lowest BCUT2D eigenvalue weighted by Crippen LogP contribution is -2.59. The monoisotopic (exact) mass is 516 g/mol. The van der Waals surface area contributed by atoms with Gasteiger partial charge in [0, 0.05) is 37.3 Å². The molecule has 5 aliphatic rings. The highest BCUT2D eigenvalue weighted by Crippen LogP contribution is 2.49. The maximum Gasteiger partial charge on any atom is 0.294 e. The molecule has 4 bridgehead atoms. The molecule has 0 spiro atoms. The van der Waals surface area contributed by atoms with Crippen LogP contribution in [0.1, 0.15) is 83.6 Å². The van der Waals surface area contributed by atoms with E-state index in [4.69, 9.17) is 4.98 Å². The molecule has 3 saturated heterocycles. The van der Waals surface area contributed by atoms with Gasteiger partial charge in [0.15, 0.2) is 5.82 Å². The lowest BCUT2D eigenvalue weighted by molar-refractivity contribution is -0.0534. The molecule has 2 aliphatic carbocycles. The molecular weight excluding hydrogens is 472 g/mol. The zero-order chi connectivity index (χ0) is 26.0. The van der Waals surface area contributed by atoms with Crippen molar-refractivity contribution in [3.63, 3.8) is 0 Å². The van der Waals surface area contributed by atoms with E-state index in [2.05, 4.69) is 29.0 Å². The summed E-state index contributed by atoms with van der Waals surface area (Å²) in [5, 5.41) is 9.81. The molecule has 0 amide bonds. The van der Waals surface area contributed by atoms with Crippen LogP contribution >= 0.6 is 0 Å². The van der Waals surface area contributed by atoms with Gasteiger partial charge in [0.1, 0.15) is 0 Å². The van der Waals surface area contributed by atoms with Gasteiger partial charge in [-0.1, -0.05) is 38.5 Å². The minimum Gasteiger partial charge on any atom is -0.513 e. The zero-order valence-corrected chi connectivity index (χ0v) is 23.0. The molecule has 0 radical (unpaired) electrons. The fourth-order valence-electron chi connectivity index (χ4n) is 9.30. The van der Waals surface area contributed by atoms with Gasteiger partial charge >= 0.3 is 0 Å². The molecular formula is C32H44N4O2. The number of anilines is 1. The van der Waals surface area contributed by atoms with Gasteiger partial charge in [-0.15, -0.1) is 0 Å². The van der Waals surface area contributed by atoms with Gasteiger partial charge in [0.2, 0.25) is 0 Å². The van der Waals surface area contributed by atoms with Gasteiger partial charge in [-0.3, -0.25) is 9.69 Å². The Bertz CT molecular complexity index is 1240. The van der Waals surface area contributed by atoms with Crippen molar-refractivity contribution in [2.24, 2.45) is 23.7 Å². The second-order valence-corrected chi connectivity index (χ2v) is 13.3. The van der Waals surface area contributed by atoms with Crippen molar-refractivity contribution in [2.45, 2.75) is 102 Å². The summed E-state index contributed by atoms with van der Waals surface area (Å²) in [5.41, 5.74) is 1.91. The number of aliphatic hydroxyl groups excluding tert-OH is 1. The summed E-state index contributed by atoms with van der Waals surface area (Å²) in [5.74, 6) is 3.60. The molecule has 2 aromatic rings. The average molecular weight is 517 g/mol. The van der Waals surface area contributed by atoms with E-state index >= 15 is 0 Å². The first-order chi connectivity index (χ1) is 18.5. The summed E-state index contributed by atoms with van der Waals surface area (Å²) >= 11 is 0. The maximum absolute atomic E-state index is 14.0. The van der Waals surface area contributed by atoms with Crippen LogP contribution in [0.4, 0.5) is 5.82 Å². The van der Waals surface area contributed by atoms with Crippen LogP contribution in [0, 0.1) is 23.7 Å². The van der Waals surface area contributed by atoms with Crippen molar-refractivity contribution < 1.29 is 5.11 Å². The Kier molecular flexibility index (Phi) is 6.29. The number of piperidine rings is 2. The first kappa shape index (κ1) is 24.7. The van der Waals surface area contributed by atoms with Crippen molar-refractivity contribution in [2.75, 3.05) is 18.0 Å². The Morgan fingerprint density at radius 2 is 1.63 bits per heavy atom. The Balaban J connectivity index is 1.17. The molecule has 5 fully saturated rings. The Labute approximate surface area is 226 Å². The van der Waals surface area contributed by atoms with Crippen LogP contribution in [0.15, 0.2) is 41.4 Å². The molecule has 3 aliphatic heterocycles. The SMILES string of the molecule is C=C(O)C1CN(c2nc3ccccc3n([C@H]3C[C@H]4CCC[C@@H](C3)N4[C@H]3C[C@@H]4C[C@@H](CC)C[C@@H](C4)C3)c2=O)C1. The van der Waals surface area contributed by atoms with E-state index in [1.807, 2.05) is 23.1 Å². The molecule has 7 atom stereocenters. The number of para-hydroxylation sites is 2. The summed E-state index contributed by atoms with van der Waals surface area (Å²) in [4.78, 5) is 23.9. The average Bonchev–Trinajstić information content (AvgIpc) is 2.86. The molecule has 7 rings (SSSR count). The van der Waals surface area contributed by atoms with Crippen molar-refractivity contribution in [3.8, 4) is 0 Å². The number of rotatable bonds is 5. The summed E-state index contributed by atoms with van der Waals surface area (Å²) in [6, 6.07) is 10.3. The standard InChI is InChI=1S/C32H44N4O2/c1-3-21-11-22-13-23(12-21)15-27(14-22)35-25-7-6-8-26(35)17-28(16-25)36-30-10-5-4-9-29(30)33-31(32(36)38)34-18-24(19-34)20(2)37/h4-5,9-10,21-28,37H,2-3,6-8,11-19H2,1H3/t21-,22-,23+,25-,26+,27+,28+. The highest BCUT2D eigenvalue weighted by atomic mass is 16.3. The van der Waals surface area contributed by atoms with Crippen molar-refractivity contribution >= 4 is 16.9 Å². The van der Waals surface area contributed by atoms with Crippen LogP contribution in [0.25, 0.3) is 11.0 Å². The molecule has 0 unspecified atom stereocenters. The molecule has 2 saturated carbocycles. The second-order valence-electron chi connectivity index (χ2n) is 13.3. The Morgan fingerprint density at radius 3 is 2.29 bits per heavy atom. The smallest absolute Gasteiger partial charge is 0.294 e. The fourth-order valence-corrected chi connectivity index (χ4v) is 9.30. The van der Waals surface area contributed by atoms with Crippen LogP contribution in [-0.4, -0.2) is 50.8 Å². The molecule has 38 heavy (non-hydrogen) atoms. The third-order valence-corrected chi connectivity index (χ3v) is 11.0. The van der Waals surface area contributed by atoms with E-state index in [9.17, 15) is 9.90 Å². The van der Waals surface area contributed by atoms with Crippen molar-refractivity contribution in [1.82, 2.24) is 14.5 Å². The van der Waals surface area contributed by atoms with Crippen molar-refractivity contribution in [1.29, 1.82) is 0 Å². The number of hydrogen-bond donors (Lipinski definition) is 1. The van der Waals surface area contributed by atoms with Crippen molar-refractivity contribution in [3.05, 3.63) is 47.0 Å². The lowest BCUT2D eigenvalue weighted by Gasteiger charge is -2.56. The molecule has 1 N–H and O–H groups in total. The van der Waals surface area contributed by atoms with E-state index in [0.717, 1.165) is 47.7 Å². The summed E-state index contributed by atoms with van der Waals surface area (Å²) in [6.45, 7) is 7.31. The molecule has 1 aromatic heterocycles. The highest BCUT2D eigenvalue weighted by molar-refractivity contribution is 5.76. The minimum atomic E-state index is 0.0290. The summed E-state index contributed by atoms with van der Waals surface area (Å²) < 4.78 is 2.11. The molecule has 204 valence electrons. The van der Waals surface area contributed by atoms with Crippen LogP contribution < -0.4 is 10.5 Å². The summed E-state index contributed by atoms with van der Waals surface area (Å²) in [7, 11) is 0. The number of nitrogens with zero attached hydrogens (tertiary/aromatic N) is 4. The Morgan fingerprint density at radius 1 is 0.947 bits per heavy atom. The normalized spacial score (nSPS) is 35.7. The number of benzene rings is 1. The summed E-state index contributed by atoms with van der Waals surface area (Å²) in [6.07, 6.45) is 14.6. The topological polar surface area (TPSA) is 61.6 Å². The van der Waals surface area contributed by atoms with Crippen LogP contribution in [-0.2, 0) is 0 Å².